The Morgan fingerprint density at radius 3 is 0.769 bits per heavy atom. The summed E-state index contributed by atoms with van der Waals surface area (Å²) in [5, 5.41) is 34.4. The van der Waals surface area contributed by atoms with Crippen LogP contribution in [0.2, 0.25) is 0 Å². The van der Waals surface area contributed by atoms with Gasteiger partial charge in [0.25, 0.3) is 0 Å². The van der Waals surface area contributed by atoms with E-state index in [1.54, 1.807) is 0 Å². The average Bonchev–Trinajstić information content (AvgIpc) is 3.61. The SMILES string of the molecule is c1cc(Nc2cccc3cc4ccccc4cc23)c(Nc2cccc3cc4ccccc4cc23)c(OCCCCOc2cccc(Nc3cccc4cc5ccccc5cc34)c2Nc2cccc3cc4ccccc4cc23)c1. The Bertz CT molecular complexity index is 4310. The first-order valence-corrected chi connectivity index (χ1v) is 26.9. The van der Waals surface area contributed by atoms with Crippen molar-refractivity contribution in [2.45, 2.75) is 12.8 Å². The summed E-state index contributed by atoms with van der Waals surface area (Å²) in [7, 11) is 0. The average molecular weight is 1010 g/mol. The van der Waals surface area contributed by atoms with Gasteiger partial charge in [-0.2, -0.15) is 0 Å². The van der Waals surface area contributed by atoms with E-state index in [9.17, 15) is 0 Å². The maximum Gasteiger partial charge on any atom is 0.144 e. The van der Waals surface area contributed by atoms with Crippen molar-refractivity contribution in [1.29, 1.82) is 0 Å². The highest BCUT2D eigenvalue weighted by atomic mass is 16.5. The van der Waals surface area contributed by atoms with Crippen LogP contribution >= 0.6 is 0 Å². The Morgan fingerprint density at radius 1 is 0.218 bits per heavy atom. The summed E-state index contributed by atoms with van der Waals surface area (Å²) in [4.78, 5) is 0. The minimum absolute atomic E-state index is 0.494. The lowest BCUT2D eigenvalue weighted by Crippen LogP contribution is -2.07. The van der Waals surface area contributed by atoms with Crippen molar-refractivity contribution in [3.05, 3.63) is 255 Å². The molecule has 0 bridgehead atoms. The van der Waals surface area contributed by atoms with Crippen LogP contribution in [0.5, 0.6) is 11.5 Å². The van der Waals surface area contributed by atoms with Gasteiger partial charge in [0.2, 0.25) is 0 Å². The molecule has 0 fully saturated rings. The molecule has 0 aliphatic heterocycles. The normalized spacial score (nSPS) is 11.5. The molecular weight excluding hydrogens is 953 g/mol. The van der Waals surface area contributed by atoms with E-state index in [4.69, 9.17) is 9.47 Å². The van der Waals surface area contributed by atoms with E-state index in [-0.39, 0.29) is 0 Å². The maximum absolute atomic E-state index is 6.81. The summed E-state index contributed by atoms with van der Waals surface area (Å²) in [5.41, 5.74) is 7.61. The van der Waals surface area contributed by atoms with Crippen LogP contribution in [0.25, 0.3) is 86.2 Å². The summed E-state index contributed by atoms with van der Waals surface area (Å²) < 4.78 is 13.6. The van der Waals surface area contributed by atoms with Gasteiger partial charge >= 0.3 is 0 Å². The Morgan fingerprint density at radius 2 is 0.462 bits per heavy atom. The van der Waals surface area contributed by atoms with Gasteiger partial charge in [-0.05, 0) is 175 Å². The molecule has 374 valence electrons. The smallest absolute Gasteiger partial charge is 0.144 e. The first-order valence-electron chi connectivity index (χ1n) is 26.9. The molecule has 78 heavy (non-hydrogen) atoms. The topological polar surface area (TPSA) is 66.6 Å². The number of benzene rings is 14. The highest BCUT2D eigenvalue weighted by Crippen LogP contribution is 2.43. The van der Waals surface area contributed by atoms with Crippen LogP contribution in [0.1, 0.15) is 12.8 Å². The summed E-state index contributed by atoms with van der Waals surface area (Å²) in [5.74, 6) is 1.53. The zero-order chi connectivity index (χ0) is 51.8. The Balaban J connectivity index is 0.753. The second-order valence-electron chi connectivity index (χ2n) is 20.2. The lowest BCUT2D eigenvalue weighted by atomic mass is 10.0. The second kappa shape index (κ2) is 20.2. The van der Waals surface area contributed by atoms with E-state index in [0.717, 1.165) is 91.4 Å². The minimum atomic E-state index is 0.494. The number of para-hydroxylation sites is 2. The van der Waals surface area contributed by atoms with Gasteiger partial charge in [-0.15, -0.1) is 0 Å². The predicted octanol–water partition coefficient (Wildman–Crippen LogP) is 20.1. The van der Waals surface area contributed by atoms with Crippen LogP contribution in [0, 0.1) is 0 Å². The van der Waals surface area contributed by atoms with Gasteiger partial charge in [0.1, 0.15) is 22.9 Å². The summed E-state index contributed by atoms with van der Waals surface area (Å²) in [6, 6.07) is 90.7. The van der Waals surface area contributed by atoms with Crippen LogP contribution in [0.4, 0.5) is 45.5 Å². The fraction of sp³-hybridized carbons (Fsp3) is 0.0556. The van der Waals surface area contributed by atoms with Crippen LogP contribution in [0.15, 0.2) is 255 Å². The summed E-state index contributed by atoms with van der Waals surface area (Å²) in [6.07, 6.45) is 1.55. The van der Waals surface area contributed by atoms with E-state index < -0.39 is 0 Å². The number of anilines is 8. The van der Waals surface area contributed by atoms with Gasteiger partial charge in [-0.3, -0.25) is 0 Å². The standard InChI is InChI=1S/C72H54N4O2/c1-5-21-51-43-59-55(39-47(51)17-1)25-11-29-63(59)73-67-33-15-35-69(71(67)75-65-31-13-27-57-41-49-19-3-7-23-53(49)45-61(57)65)77-37-9-10-38-78-70-36-16-34-68(74-64-30-12-26-56-40-48-18-2-6-22-52(48)44-60(56)64)72(70)76-66-32-14-28-58-42-50-20-4-8-24-54(50)46-62(58)66/h1-8,11-36,39-46,73-76H,9-10,37-38H2. The van der Waals surface area contributed by atoms with Gasteiger partial charge in [-0.1, -0.05) is 158 Å². The molecule has 14 rings (SSSR count). The third-order valence-electron chi connectivity index (χ3n) is 15.2. The molecule has 0 aromatic heterocycles. The largest absolute Gasteiger partial charge is 0.491 e. The molecule has 6 heteroatoms. The van der Waals surface area contributed by atoms with Crippen molar-refractivity contribution in [2.24, 2.45) is 0 Å². The van der Waals surface area contributed by atoms with E-state index in [2.05, 4.69) is 276 Å². The quantitative estimate of drug-likeness (QED) is 0.0606. The molecule has 0 saturated carbocycles. The molecular formula is C72H54N4O2. The van der Waals surface area contributed by atoms with E-state index >= 15 is 0 Å². The lowest BCUT2D eigenvalue weighted by molar-refractivity contribution is 0.268. The van der Waals surface area contributed by atoms with Crippen LogP contribution in [-0.2, 0) is 0 Å². The number of fused-ring (bicyclic) bond motifs is 8. The van der Waals surface area contributed by atoms with E-state index in [1.807, 2.05) is 0 Å². The molecule has 0 atom stereocenters. The number of nitrogens with one attached hydrogen (secondary N) is 4. The first kappa shape index (κ1) is 46.5. The molecule has 0 spiro atoms. The van der Waals surface area contributed by atoms with Crippen molar-refractivity contribution in [2.75, 3.05) is 34.5 Å². The fourth-order valence-electron chi connectivity index (χ4n) is 11.2. The van der Waals surface area contributed by atoms with Gasteiger partial charge in [0.05, 0.1) is 24.6 Å². The highest BCUT2D eigenvalue weighted by Gasteiger charge is 2.17. The number of hydrogen-bond acceptors (Lipinski definition) is 6. The zero-order valence-electron chi connectivity index (χ0n) is 42.9. The zero-order valence-corrected chi connectivity index (χ0v) is 42.9. The molecule has 14 aromatic carbocycles. The van der Waals surface area contributed by atoms with Crippen molar-refractivity contribution in [3.8, 4) is 11.5 Å². The van der Waals surface area contributed by atoms with Crippen molar-refractivity contribution in [3.63, 3.8) is 0 Å². The Hall–Kier alpha value is -10.0. The van der Waals surface area contributed by atoms with Crippen LogP contribution in [0.3, 0.4) is 0 Å². The number of ether oxygens (including phenoxy) is 2. The van der Waals surface area contributed by atoms with Gasteiger partial charge in [0, 0.05) is 44.3 Å². The molecule has 0 amide bonds. The lowest BCUT2D eigenvalue weighted by Gasteiger charge is -2.21. The molecule has 0 aliphatic rings. The molecule has 0 radical (unpaired) electrons. The first-order chi connectivity index (χ1) is 38.6. The fourth-order valence-corrected chi connectivity index (χ4v) is 11.2. The van der Waals surface area contributed by atoms with E-state index in [0.29, 0.717) is 13.2 Å². The molecule has 0 unspecified atom stereocenters. The molecule has 14 aromatic rings. The van der Waals surface area contributed by atoms with Crippen LogP contribution < -0.4 is 30.7 Å². The number of rotatable bonds is 15. The van der Waals surface area contributed by atoms with Crippen molar-refractivity contribution < 1.29 is 9.47 Å². The Labute approximate surface area is 452 Å². The van der Waals surface area contributed by atoms with Crippen molar-refractivity contribution >= 4 is 132 Å². The third-order valence-corrected chi connectivity index (χ3v) is 15.2. The minimum Gasteiger partial charge on any atom is -0.491 e. The molecule has 4 N–H and O–H groups in total. The monoisotopic (exact) mass is 1010 g/mol. The molecule has 6 nitrogen and oxygen atoms in total. The summed E-state index contributed by atoms with van der Waals surface area (Å²) >= 11 is 0. The van der Waals surface area contributed by atoms with Gasteiger partial charge in [-0.25, -0.2) is 0 Å². The number of unbranched alkanes of at least 4 members (excludes halogenated alkanes) is 1. The highest BCUT2D eigenvalue weighted by molar-refractivity contribution is 6.09. The molecule has 0 saturated heterocycles. The van der Waals surface area contributed by atoms with E-state index in [1.165, 1.54) is 64.6 Å². The summed E-state index contributed by atoms with van der Waals surface area (Å²) in [6.45, 7) is 0.989. The molecule has 0 aliphatic carbocycles. The second-order valence-corrected chi connectivity index (χ2v) is 20.2. The molecule has 0 heterocycles. The van der Waals surface area contributed by atoms with Crippen molar-refractivity contribution in [1.82, 2.24) is 0 Å². The maximum atomic E-state index is 6.81. The predicted molar refractivity (Wildman–Crippen MR) is 332 cm³/mol. The van der Waals surface area contributed by atoms with Crippen LogP contribution in [-0.4, -0.2) is 13.2 Å². The Kier molecular flexibility index (Phi) is 12.1. The van der Waals surface area contributed by atoms with Gasteiger partial charge in [0.15, 0.2) is 0 Å². The third kappa shape index (κ3) is 9.09. The number of hydrogen-bond donors (Lipinski definition) is 4. The van der Waals surface area contributed by atoms with Gasteiger partial charge < -0.3 is 30.7 Å².